The van der Waals surface area contributed by atoms with Crippen LogP contribution in [-0.4, -0.2) is 56.9 Å². The van der Waals surface area contributed by atoms with Crippen molar-refractivity contribution in [3.63, 3.8) is 0 Å². The Morgan fingerprint density at radius 2 is 1.67 bits per heavy atom. The third kappa shape index (κ3) is 2.85. The molecule has 5 nitrogen and oxygen atoms in total. The summed E-state index contributed by atoms with van der Waals surface area (Å²) in [5, 5.41) is 38.2. The van der Waals surface area contributed by atoms with Crippen LogP contribution in [0.2, 0.25) is 0 Å². The summed E-state index contributed by atoms with van der Waals surface area (Å²) in [4.78, 5) is 0.877. The summed E-state index contributed by atoms with van der Waals surface area (Å²) in [6.45, 7) is -0.406. The first kappa shape index (κ1) is 13.8. The third-order valence-electron chi connectivity index (χ3n) is 2.84. The van der Waals surface area contributed by atoms with Crippen LogP contribution in [0.3, 0.4) is 0 Å². The SMILES string of the molecule is OC[C@H]1O[C@H](Sc2ccccc2)[C@@H](O)[C@H](O)[C@H]1O. The van der Waals surface area contributed by atoms with Crippen LogP contribution in [0.4, 0.5) is 0 Å². The van der Waals surface area contributed by atoms with Crippen LogP contribution >= 0.6 is 11.8 Å². The minimum Gasteiger partial charge on any atom is -0.394 e. The molecule has 1 aromatic carbocycles. The van der Waals surface area contributed by atoms with Gasteiger partial charge in [-0.05, 0) is 12.1 Å². The summed E-state index contributed by atoms with van der Waals surface area (Å²) < 4.78 is 5.39. The molecule has 1 aliphatic rings. The van der Waals surface area contributed by atoms with Gasteiger partial charge in [-0.1, -0.05) is 30.0 Å². The predicted molar refractivity (Wildman–Crippen MR) is 66.1 cm³/mol. The molecule has 0 aromatic heterocycles. The van der Waals surface area contributed by atoms with Crippen molar-refractivity contribution in [3.05, 3.63) is 30.3 Å². The number of hydrogen-bond donors (Lipinski definition) is 4. The lowest BCUT2D eigenvalue weighted by atomic mass is 10.0. The molecule has 0 aliphatic carbocycles. The number of benzene rings is 1. The molecule has 5 atom stereocenters. The van der Waals surface area contributed by atoms with E-state index in [0.29, 0.717) is 0 Å². The Morgan fingerprint density at radius 1 is 1.00 bits per heavy atom. The predicted octanol–water partition coefficient (Wildman–Crippen LogP) is -0.421. The fraction of sp³-hybridized carbons (Fsp3) is 0.500. The van der Waals surface area contributed by atoms with Crippen molar-refractivity contribution in [3.8, 4) is 0 Å². The second kappa shape index (κ2) is 6.01. The lowest BCUT2D eigenvalue weighted by molar-refractivity contribution is -0.205. The van der Waals surface area contributed by atoms with Gasteiger partial charge in [-0.25, -0.2) is 0 Å². The second-order valence-corrected chi connectivity index (χ2v) is 5.30. The zero-order valence-corrected chi connectivity index (χ0v) is 10.4. The number of thioether (sulfide) groups is 1. The first-order chi connectivity index (χ1) is 8.63. The van der Waals surface area contributed by atoms with Gasteiger partial charge in [0.25, 0.3) is 0 Å². The number of rotatable bonds is 3. The molecule has 18 heavy (non-hydrogen) atoms. The van der Waals surface area contributed by atoms with E-state index >= 15 is 0 Å². The summed E-state index contributed by atoms with van der Waals surface area (Å²) in [7, 11) is 0. The molecule has 1 saturated heterocycles. The van der Waals surface area contributed by atoms with Gasteiger partial charge in [-0.2, -0.15) is 0 Å². The number of aliphatic hydroxyl groups excluding tert-OH is 4. The molecule has 0 amide bonds. The molecular formula is C12H16O5S. The van der Waals surface area contributed by atoms with Gasteiger partial charge in [0.15, 0.2) is 0 Å². The number of aliphatic hydroxyl groups is 4. The fourth-order valence-electron chi connectivity index (χ4n) is 1.80. The third-order valence-corrected chi connectivity index (χ3v) is 4.01. The van der Waals surface area contributed by atoms with Gasteiger partial charge >= 0.3 is 0 Å². The molecule has 6 heteroatoms. The van der Waals surface area contributed by atoms with E-state index in [1.807, 2.05) is 30.3 Å². The molecule has 1 heterocycles. The summed E-state index contributed by atoms with van der Waals surface area (Å²) in [5.41, 5.74) is -0.719. The lowest BCUT2D eigenvalue weighted by Crippen LogP contribution is -2.57. The van der Waals surface area contributed by atoms with Crippen molar-refractivity contribution in [2.45, 2.75) is 34.7 Å². The Balaban J connectivity index is 2.08. The van der Waals surface area contributed by atoms with Crippen molar-refractivity contribution in [1.82, 2.24) is 0 Å². The highest BCUT2D eigenvalue weighted by Crippen LogP contribution is 2.32. The van der Waals surface area contributed by atoms with Crippen LogP contribution in [0.25, 0.3) is 0 Å². The highest BCUT2D eigenvalue weighted by molar-refractivity contribution is 7.99. The molecular weight excluding hydrogens is 256 g/mol. The first-order valence-corrected chi connectivity index (χ1v) is 6.53. The van der Waals surface area contributed by atoms with E-state index in [2.05, 4.69) is 0 Å². The van der Waals surface area contributed by atoms with Crippen molar-refractivity contribution in [2.24, 2.45) is 0 Å². The zero-order chi connectivity index (χ0) is 13.1. The van der Waals surface area contributed by atoms with Gasteiger partial charge < -0.3 is 25.2 Å². The molecule has 4 N–H and O–H groups in total. The van der Waals surface area contributed by atoms with Gasteiger partial charge in [0, 0.05) is 4.90 Å². The van der Waals surface area contributed by atoms with E-state index in [4.69, 9.17) is 9.84 Å². The summed E-state index contributed by atoms with van der Waals surface area (Å²) in [6, 6.07) is 9.29. The standard InChI is InChI=1S/C12H16O5S/c13-6-8-9(14)10(15)11(16)12(17-8)18-7-4-2-1-3-5-7/h1-5,8-16H,6H2/t8-,9+,10-,11+,12-/m1/s1. The normalized spacial score (nSPS) is 36.6. The van der Waals surface area contributed by atoms with Crippen LogP contribution in [0.15, 0.2) is 35.2 Å². The van der Waals surface area contributed by atoms with Crippen LogP contribution in [-0.2, 0) is 4.74 Å². The Hall–Kier alpha value is -0.630. The summed E-state index contributed by atoms with van der Waals surface area (Å²) in [6.07, 6.45) is -4.69. The van der Waals surface area contributed by atoms with Gasteiger partial charge in [-0.3, -0.25) is 0 Å². The molecule has 0 spiro atoms. The summed E-state index contributed by atoms with van der Waals surface area (Å²) >= 11 is 1.24. The molecule has 0 bridgehead atoms. The molecule has 1 fully saturated rings. The lowest BCUT2D eigenvalue weighted by Gasteiger charge is -2.39. The van der Waals surface area contributed by atoms with E-state index in [0.717, 1.165) is 4.90 Å². The van der Waals surface area contributed by atoms with Crippen molar-refractivity contribution in [1.29, 1.82) is 0 Å². The molecule has 100 valence electrons. The van der Waals surface area contributed by atoms with E-state index in [9.17, 15) is 15.3 Å². The Kier molecular flexibility index (Phi) is 4.60. The van der Waals surface area contributed by atoms with Crippen LogP contribution in [0, 0.1) is 0 Å². The Morgan fingerprint density at radius 3 is 2.28 bits per heavy atom. The summed E-state index contributed by atoms with van der Waals surface area (Å²) in [5.74, 6) is 0. The van der Waals surface area contributed by atoms with Gasteiger partial charge in [0.2, 0.25) is 0 Å². The van der Waals surface area contributed by atoms with E-state index in [-0.39, 0.29) is 0 Å². The van der Waals surface area contributed by atoms with Crippen molar-refractivity contribution in [2.75, 3.05) is 6.61 Å². The van der Waals surface area contributed by atoms with E-state index < -0.39 is 36.5 Å². The second-order valence-electron chi connectivity index (χ2n) is 4.13. The maximum atomic E-state index is 9.85. The first-order valence-electron chi connectivity index (χ1n) is 5.65. The van der Waals surface area contributed by atoms with Crippen LogP contribution < -0.4 is 0 Å². The Labute approximate surface area is 109 Å². The van der Waals surface area contributed by atoms with Gasteiger partial charge in [0.1, 0.15) is 29.9 Å². The fourth-order valence-corrected chi connectivity index (χ4v) is 2.88. The van der Waals surface area contributed by atoms with Gasteiger partial charge in [0.05, 0.1) is 6.61 Å². The topological polar surface area (TPSA) is 90.2 Å². The maximum absolute atomic E-state index is 9.85. The molecule has 0 radical (unpaired) electrons. The highest BCUT2D eigenvalue weighted by Gasteiger charge is 2.43. The van der Waals surface area contributed by atoms with E-state index in [1.165, 1.54) is 11.8 Å². The average molecular weight is 272 g/mol. The number of ether oxygens (including phenoxy) is 1. The minimum absolute atomic E-state index is 0.406. The van der Waals surface area contributed by atoms with Crippen LogP contribution in [0.5, 0.6) is 0 Å². The Bertz CT molecular complexity index is 372. The largest absolute Gasteiger partial charge is 0.394 e. The smallest absolute Gasteiger partial charge is 0.136 e. The van der Waals surface area contributed by atoms with Crippen molar-refractivity contribution >= 4 is 11.8 Å². The molecule has 0 saturated carbocycles. The van der Waals surface area contributed by atoms with Crippen molar-refractivity contribution < 1.29 is 25.2 Å². The minimum atomic E-state index is -1.32. The molecule has 1 aromatic rings. The van der Waals surface area contributed by atoms with Gasteiger partial charge in [-0.15, -0.1) is 0 Å². The maximum Gasteiger partial charge on any atom is 0.136 e. The molecule has 0 unspecified atom stereocenters. The van der Waals surface area contributed by atoms with E-state index in [1.54, 1.807) is 0 Å². The monoisotopic (exact) mass is 272 g/mol. The van der Waals surface area contributed by atoms with Crippen LogP contribution in [0.1, 0.15) is 0 Å². The quantitative estimate of drug-likeness (QED) is 0.597. The zero-order valence-electron chi connectivity index (χ0n) is 9.59. The highest BCUT2D eigenvalue weighted by atomic mass is 32.2. The molecule has 2 rings (SSSR count). The number of hydrogen-bond acceptors (Lipinski definition) is 6. The molecule has 1 aliphatic heterocycles. The average Bonchev–Trinajstić information content (AvgIpc) is 2.40.